The molecule has 16 heavy (non-hydrogen) atoms. The van der Waals surface area contributed by atoms with Gasteiger partial charge in [0.15, 0.2) is 0 Å². The number of hydrogen-bond donors (Lipinski definition) is 1. The van der Waals surface area contributed by atoms with Crippen LogP contribution in [0.15, 0.2) is 30.3 Å². The minimum atomic E-state index is -0.866. The van der Waals surface area contributed by atoms with E-state index >= 15 is 0 Å². The van der Waals surface area contributed by atoms with Gasteiger partial charge in [0.1, 0.15) is 5.78 Å². The Bertz CT molecular complexity index is 357. The monoisotopic (exact) mass is 220 g/mol. The Morgan fingerprint density at radius 3 is 2.38 bits per heavy atom. The van der Waals surface area contributed by atoms with Crippen LogP contribution in [0.1, 0.15) is 37.7 Å². The summed E-state index contributed by atoms with van der Waals surface area (Å²) in [6, 6.07) is 9.05. The zero-order valence-corrected chi connectivity index (χ0v) is 9.35. The average Bonchev–Trinajstić information content (AvgIpc) is 2.30. The summed E-state index contributed by atoms with van der Waals surface area (Å²) in [5.74, 6) is -1.33. The predicted octanol–water partition coefficient (Wildman–Crippen LogP) is 2.61. The Hall–Kier alpha value is -1.64. The van der Waals surface area contributed by atoms with E-state index in [1.54, 1.807) is 19.1 Å². The third kappa shape index (κ3) is 3.50. The summed E-state index contributed by atoms with van der Waals surface area (Å²) in [6.07, 6.45) is 1.19. The molecule has 0 bridgehead atoms. The highest BCUT2D eigenvalue weighted by Gasteiger charge is 2.19. The molecule has 0 fully saturated rings. The van der Waals surface area contributed by atoms with Crippen LogP contribution in [-0.2, 0) is 9.59 Å². The molecule has 1 rings (SSSR count). The van der Waals surface area contributed by atoms with Gasteiger partial charge in [-0.1, -0.05) is 37.3 Å². The van der Waals surface area contributed by atoms with E-state index in [0.29, 0.717) is 19.3 Å². The molecule has 0 saturated carbocycles. The van der Waals surface area contributed by atoms with Gasteiger partial charge in [0.25, 0.3) is 0 Å². The van der Waals surface area contributed by atoms with Crippen LogP contribution in [0.4, 0.5) is 0 Å². The molecular weight excluding hydrogens is 204 g/mol. The Morgan fingerprint density at radius 2 is 1.88 bits per heavy atom. The van der Waals surface area contributed by atoms with Crippen molar-refractivity contribution in [2.75, 3.05) is 0 Å². The maximum atomic E-state index is 11.2. The fraction of sp³-hybridized carbons (Fsp3) is 0.385. The smallest absolute Gasteiger partial charge is 0.310 e. The van der Waals surface area contributed by atoms with Crippen molar-refractivity contribution >= 4 is 11.8 Å². The lowest BCUT2D eigenvalue weighted by Crippen LogP contribution is -2.13. The third-order valence-corrected chi connectivity index (χ3v) is 2.61. The van der Waals surface area contributed by atoms with Crippen LogP contribution in [0.5, 0.6) is 0 Å². The molecule has 0 amide bonds. The van der Waals surface area contributed by atoms with E-state index in [-0.39, 0.29) is 5.78 Å². The molecule has 86 valence electrons. The molecule has 0 saturated heterocycles. The van der Waals surface area contributed by atoms with E-state index in [9.17, 15) is 9.59 Å². The summed E-state index contributed by atoms with van der Waals surface area (Å²) in [7, 11) is 0. The van der Waals surface area contributed by atoms with Gasteiger partial charge in [-0.25, -0.2) is 0 Å². The molecular formula is C13H16O3. The lowest BCUT2D eigenvalue weighted by molar-refractivity contribution is -0.139. The number of carboxylic acids is 1. The Kier molecular flexibility index (Phi) is 4.70. The first-order chi connectivity index (χ1) is 7.65. The highest BCUT2D eigenvalue weighted by Crippen LogP contribution is 2.21. The molecule has 3 heteroatoms. The van der Waals surface area contributed by atoms with Crippen molar-refractivity contribution in [3.63, 3.8) is 0 Å². The normalized spacial score (nSPS) is 12.1. The van der Waals surface area contributed by atoms with Crippen LogP contribution in [0, 0.1) is 0 Å². The first kappa shape index (κ1) is 12.4. The number of rotatable bonds is 6. The molecule has 0 heterocycles. The number of Topliss-reactive ketones (excluding diaryl/α,β-unsaturated/α-hetero) is 1. The maximum Gasteiger partial charge on any atom is 0.310 e. The van der Waals surface area contributed by atoms with Crippen molar-refractivity contribution < 1.29 is 14.7 Å². The van der Waals surface area contributed by atoms with Crippen LogP contribution < -0.4 is 0 Å². The average molecular weight is 220 g/mol. The Morgan fingerprint density at radius 1 is 1.25 bits per heavy atom. The number of ketones is 1. The highest BCUT2D eigenvalue weighted by atomic mass is 16.4. The number of aliphatic carboxylic acids is 1. The number of carbonyl (C=O) groups excluding carboxylic acids is 1. The zero-order chi connectivity index (χ0) is 12.0. The molecule has 0 aliphatic carbocycles. The van der Waals surface area contributed by atoms with Crippen molar-refractivity contribution in [2.45, 2.75) is 32.1 Å². The summed E-state index contributed by atoms with van der Waals surface area (Å²) in [5.41, 5.74) is 0.763. The lowest BCUT2D eigenvalue weighted by atomic mass is 9.93. The molecule has 0 radical (unpaired) electrons. The minimum absolute atomic E-state index is 0.113. The van der Waals surface area contributed by atoms with E-state index in [2.05, 4.69) is 0 Å². The molecule has 1 aromatic carbocycles. The van der Waals surface area contributed by atoms with Crippen molar-refractivity contribution in [1.29, 1.82) is 0 Å². The van der Waals surface area contributed by atoms with E-state index in [4.69, 9.17) is 5.11 Å². The molecule has 1 aromatic rings. The van der Waals surface area contributed by atoms with E-state index in [0.717, 1.165) is 5.56 Å². The van der Waals surface area contributed by atoms with Gasteiger partial charge in [0, 0.05) is 12.8 Å². The topological polar surface area (TPSA) is 54.4 Å². The SMILES string of the molecule is CCC(=O)CCC(C(=O)O)c1ccccc1. The quantitative estimate of drug-likeness (QED) is 0.801. The van der Waals surface area contributed by atoms with E-state index in [1.807, 2.05) is 18.2 Å². The molecule has 0 aromatic heterocycles. The molecule has 0 aliphatic heterocycles. The van der Waals surface area contributed by atoms with Crippen LogP contribution >= 0.6 is 0 Å². The summed E-state index contributed by atoms with van der Waals surface area (Å²) in [4.78, 5) is 22.3. The first-order valence-electron chi connectivity index (χ1n) is 5.44. The van der Waals surface area contributed by atoms with E-state index < -0.39 is 11.9 Å². The van der Waals surface area contributed by atoms with Gasteiger partial charge in [-0.2, -0.15) is 0 Å². The van der Waals surface area contributed by atoms with Gasteiger partial charge in [-0.3, -0.25) is 9.59 Å². The van der Waals surface area contributed by atoms with Gasteiger partial charge in [-0.05, 0) is 12.0 Å². The van der Waals surface area contributed by atoms with Gasteiger partial charge >= 0.3 is 5.97 Å². The standard InChI is InChI=1S/C13H16O3/c1-2-11(14)8-9-12(13(15)16)10-6-4-3-5-7-10/h3-7,12H,2,8-9H2,1H3,(H,15,16). The second-order valence-corrected chi connectivity index (χ2v) is 3.73. The van der Waals surface area contributed by atoms with Gasteiger partial charge in [0.2, 0.25) is 0 Å². The highest BCUT2D eigenvalue weighted by molar-refractivity contribution is 5.80. The van der Waals surface area contributed by atoms with Crippen molar-refractivity contribution in [2.24, 2.45) is 0 Å². The second-order valence-electron chi connectivity index (χ2n) is 3.73. The van der Waals surface area contributed by atoms with Gasteiger partial charge < -0.3 is 5.11 Å². The predicted molar refractivity (Wildman–Crippen MR) is 61.4 cm³/mol. The number of carboxylic acid groups (broad SMARTS) is 1. The number of benzene rings is 1. The van der Waals surface area contributed by atoms with Crippen LogP contribution in [0.3, 0.4) is 0 Å². The molecule has 0 spiro atoms. The number of carbonyl (C=O) groups is 2. The largest absolute Gasteiger partial charge is 0.481 e. The molecule has 3 nitrogen and oxygen atoms in total. The fourth-order valence-electron chi connectivity index (χ4n) is 1.60. The van der Waals surface area contributed by atoms with Crippen LogP contribution in [-0.4, -0.2) is 16.9 Å². The Labute approximate surface area is 95.1 Å². The summed E-state index contributed by atoms with van der Waals surface area (Å²) >= 11 is 0. The zero-order valence-electron chi connectivity index (χ0n) is 9.35. The summed E-state index contributed by atoms with van der Waals surface area (Å²) < 4.78 is 0. The molecule has 0 aliphatic rings. The van der Waals surface area contributed by atoms with Crippen LogP contribution in [0.2, 0.25) is 0 Å². The van der Waals surface area contributed by atoms with Crippen molar-refractivity contribution in [3.8, 4) is 0 Å². The number of hydrogen-bond acceptors (Lipinski definition) is 2. The maximum absolute atomic E-state index is 11.2. The Balaban J connectivity index is 2.69. The lowest BCUT2D eigenvalue weighted by Gasteiger charge is -2.11. The fourth-order valence-corrected chi connectivity index (χ4v) is 1.60. The summed E-state index contributed by atoms with van der Waals surface area (Å²) in [6.45, 7) is 1.79. The van der Waals surface area contributed by atoms with Crippen molar-refractivity contribution in [3.05, 3.63) is 35.9 Å². The van der Waals surface area contributed by atoms with E-state index in [1.165, 1.54) is 0 Å². The van der Waals surface area contributed by atoms with Crippen molar-refractivity contribution in [1.82, 2.24) is 0 Å². The minimum Gasteiger partial charge on any atom is -0.481 e. The molecule has 1 atom stereocenters. The van der Waals surface area contributed by atoms with Gasteiger partial charge in [0.05, 0.1) is 5.92 Å². The molecule has 1 N–H and O–H groups in total. The summed E-state index contributed by atoms with van der Waals surface area (Å²) in [5, 5.41) is 9.10. The molecule has 1 unspecified atom stereocenters. The third-order valence-electron chi connectivity index (χ3n) is 2.61. The second kappa shape index (κ2) is 6.05. The van der Waals surface area contributed by atoms with Gasteiger partial charge in [-0.15, -0.1) is 0 Å². The van der Waals surface area contributed by atoms with Crippen LogP contribution in [0.25, 0.3) is 0 Å². The first-order valence-corrected chi connectivity index (χ1v) is 5.44.